The van der Waals surface area contributed by atoms with E-state index >= 15 is 0 Å². The highest BCUT2D eigenvalue weighted by molar-refractivity contribution is 9.10. The lowest BCUT2D eigenvalue weighted by Crippen LogP contribution is -2.27. The standard InChI is InChI=1S/C12H18BBrNO2/c1-9-7-11(14)3-4-12(9)10(5-6-16)8-15-13-17-2/h3-4,7,10,15-16H,5-6,8H2,1-2H3. The smallest absolute Gasteiger partial charge is 0.395 e. The quantitative estimate of drug-likeness (QED) is 0.597. The first-order valence-electron chi connectivity index (χ1n) is 5.63. The van der Waals surface area contributed by atoms with Gasteiger partial charge in [0.25, 0.3) is 0 Å². The van der Waals surface area contributed by atoms with Gasteiger partial charge in [-0.15, -0.1) is 0 Å². The predicted molar refractivity (Wildman–Crippen MR) is 74.1 cm³/mol. The number of aryl methyl sites for hydroxylation is 1. The van der Waals surface area contributed by atoms with Gasteiger partial charge in [-0.1, -0.05) is 22.0 Å². The molecule has 5 heteroatoms. The molecule has 0 amide bonds. The predicted octanol–water partition coefficient (Wildman–Crippen LogP) is 1.99. The minimum Gasteiger partial charge on any atom is -0.427 e. The van der Waals surface area contributed by atoms with Crippen LogP contribution in [0.5, 0.6) is 0 Å². The molecule has 0 heterocycles. The molecule has 0 aliphatic heterocycles. The van der Waals surface area contributed by atoms with E-state index in [1.165, 1.54) is 11.1 Å². The average molecular weight is 299 g/mol. The number of aliphatic hydroxyl groups excluding tert-OH is 1. The lowest BCUT2D eigenvalue weighted by atomic mass is 9.91. The lowest BCUT2D eigenvalue weighted by molar-refractivity contribution is 0.274. The van der Waals surface area contributed by atoms with Gasteiger partial charge in [-0.3, -0.25) is 0 Å². The maximum absolute atomic E-state index is 9.12. The molecule has 1 radical (unpaired) electrons. The van der Waals surface area contributed by atoms with E-state index < -0.39 is 0 Å². The summed E-state index contributed by atoms with van der Waals surface area (Å²) in [5.74, 6) is 0.291. The van der Waals surface area contributed by atoms with Crippen molar-refractivity contribution in [3.63, 3.8) is 0 Å². The largest absolute Gasteiger partial charge is 0.427 e. The summed E-state index contributed by atoms with van der Waals surface area (Å²) in [6, 6.07) is 6.24. The summed E-state index contributed by atoms with van der Waals surface area (Å²) in [5, 5.41) is 12.2. The summed E-state index contributed by atoms with van der Waals surface area (Å²) >= 11 is 3.46. The van der Waals surface area contributed by atoms with Crippen molar-refractivity contribution in [2.24, 2.45) is 0 Å². The molecular weight excluding hydrogens is 281 g/mol. The summed E-state index contributed by atoms with van der Waals surface area (Å²) in [4.78, 5) is 0. The second kappa shape index (κ2) is 7.87. The molecule has 0 saturated heterocycles. The fraction of sp³-hybridized carbons (Fsp3) is 0.500. The van der Waals surface area contributed by atoms with Crippen LogP contribution in [0.25, 0.3) is 0 Å². The number of aliphatic hydroxyl groups is 1. The van der Waals surface area contributed by atoms with Gasteiger partial charge in [0.15, 0.2) is 0 Å². The molecule has 0 bridgehead atoms. The zero-order valence-electron chi connectivity index (χ0n) is 10.2. The topological polar surface area (TPSA) is 41.5 Å². The van der Waals surface area contributed by atoms with Gasteiger partial charge in [-0.25, -0.2) is 0 Å². The molecule has 1 atom stereocenters. The molecule has 0 aliphatic rings. The lowest BCUT2D eigenvalue weighted by Gasteiger charge is -2.19. The first-order chi connectivity index (χ1) is 8.19. The summed E-state index contributed by atoms with van der Waals surface area (Å²) in [6.07, 6.45) is 0.743. The van der Waals surface area contributed by atoms with E-state index in [1.54, 1.807) is 14.7 Å². The summed E-state index contributed by atoms with van der Waals surface area (Å²) in [6.45, 7) is 3.04. The number of halogens is 1. The highest BCUT2D eigenvalue weighted by atomic mass is 79.9. The Labute approximate surface area is 112 Å². The zero-order chi connectivity index (χ0) is 12.7. The van der Waals surface area contributed by atoms with E-state index in [1.807, 2.05) is 6.07 Å². The fourth-order valence-corrected chi connectivity index (χ4v) is 2.37. The van der Waals surface area contributed by atoms with E-state index in [0.29, 0.717) is 5.92 Å². The van der Waals surface area contributed by atoms with E-state index in [4.69, 9.17) is 9.76 Å². The second-order valence-corrected chi connectivity index (χ2v) is 4.89. The van der Waals surface area contributed by atoms with Gasteiger partial charge < -0.3 is 15.0 Å². The Hall–Kier alpha value is -0.355. The van der Waals surface area contributed by atoms with E-state index in [-0.39, 0.29) is 6.61 Å². The maximum atomic E-state index is 9.12. The van der Waals surface area contributed by atoms with Gasteiger partial charge >= 0.3 is 7.62 Å². The monoisotopic (exact) mass is 298 g/mol. The molecule has 0 fully saturated rings. The van der Waals surface area contributed by atoms with Crippen LogP contribution < -0.4 is 5.23 Å². The van der Waals surface area contributed by atoms with E-state index in [9.17, 15) is 0 Å². The van der Waals surface area contributed by atoms with Crippen molar-refractivity contribution in [3.8, 4) is 0 Å². The number of rotatable bonds is 7. The molecule has 1 rings (SSSR count). The Morgan fingerprint density at radius 2 is 2.29 bits per heavy atom. The molecular formula is C12H18BBrNO2. The van der Waals surface area contributed by atoms with Crippen LogP contribution in [0.2, 0.25) is 0 Å². The first kappa shape index (κ1) is 14.7. The molecule has 3 nitrogen and oxygen atoms in total. The maximum Gasteiger partial charge on any atom is 0.395 e. The molecule has 93 valence electrons. The van der Waals surface area contributed by atoms with Gasteiger partial charge in [0.1, 0.15) is 0 Å². The van der Waals surface area contributed by atoms with Crippen LogP contribution >= 0.6 is 15.9 Å². The Kier molecular flexibility index (Phi) is 6.81. The molecule has 1 aromatic rings. The second-order valence-electron chi connectivity index (χ2n) is 3.97. The van der Waals surface area contributed by atoms with Crippen LogP contribution in [-0.2, 0) is 4.65 Å². The van der Waals surface area contributed by atoms with Crippen LogP contribution in [0.3, 0.4) is 0 Å². The molecule has 2 N–H and O–H groups in total. The van der Waals surface area contributed by atoms with Crippen LogP contribution in [0.15, 0.2) is 22.7 Å². The van der Waals surface area contributed by atoms with Crippen molar-refractivity contribution < 1.29 is 9.76 Å². The van der Waals surface area contributed by atoms with Crippen molar-refractivity contribution in [2.75, 3.05) is 20.3 Å². The molecule has 17 heavy (non-hydrogen) atoms. The highest BCUT2D eigenvalue weighted by Crippen LogP contribution is 2.25. The van der Waals surface area contributed by atoms with E-state index in [2.05, 4.69) is 40.2 Å². The molecule has 0 saturated carbocycles. The number of hydrogen-bond donors (Lipinski definition) is 2. The zero-order valence-corrected chi connectivity index (χ0v) is 11.8. The van der Waals surface area contributed by atoms with Crippen LogP contribution in [0.1, 0.15) is 23.5 Å². The number of nitrogens with one attached hydrogen (secondary N) is 1. The number of hydrogen-bond acceptors (Lipinski definition) is 3. The third-order valence-corrected chi connectivity index (χ3v) is 3.21. The van der Waals surface area contributed by atoms with Crippen molar-refractivity contribution in [3.05, 3.63) is 33.8 Å². The molecule has 0 aliphatic carbocycles. The minimum absolute atomic E-state index is 0.189. The molecule has 0 spiro atoms. The normalized spacial score (nSPS) is 12.5. The summed E-state index contributed by atoms with van der Waals surface area (Å²) in [7, 11) is 3.18. The summed E-state index contributed by atoms with van der Waals surface area (Å²) in [5.41, 5.74) is 2.50. The van der Waals surface area contributed by atoms with Crippen LogP contribution in [0.4, 0.5) is 0 Å². The third-order valence-electron chi connectivity index (χ3n) is 2.71. The molecule has 1 unspecified atom stereocenters. The fourth-order valence-electron chi connectivity index (χ4n) is 1.89. The highest BCUT2D eigenvalue weighted by Gasteiger charge is 2.13. The van der Waals surface area contributed by atoms with Gasteiger partial charge in [0.05, 0.1) is 0 Å². The van der Waals surface area contributed by atoms with Crippen molar-refractivity contribution in [1.82, 2.24) is 5.23 Å². The molecule has 1 aromatic carbocycles. The van der Waals surface area contributed by atoms with Gasteiger partial charge in [0.2, 0.25) is 0 Å². The Balaban J connectivity index is 2.74. The van der Waals surface area contributed by atoms with Gasteiger partial charge in [-0.2, -0.15) is 0 Å². The Bertz CT molecular complexity index is 349. The van der Waals surface area contributed by atoms with Crippen molar-refractivity contribution in [2.45, 2.75) is 19.3 Å². The van der Waals surface area contributed by atoms with Gasteiger partial charge in [0, 0.05) is 18.2 Å². The first-order valence-corrected chi connectivity index (χ1v) is 6.43. The summed E-state index contributed by atoms with van der Waals surface area (Å²) < 4.78 is 5.93. The molecule has 0 aromatic heterocycles. The number of benzene rings is 1. The Morgan fingerprint density at radius 3 is 2.88 bits per heavy atom. The van der Waals surface area contributed by atoms with Crippen LogP contribution in [0, 0.1) is 6.92 Å². The minimum atomic E-state index is 0.189. The van der Waals surface area contributed by atoms with Crippen molar-refractivity contribution in [1.29, 1.82) is 0 Å². The van der Waals surface area contributed by atoms with Crippen molar-refractivity contribution >= 4 is 23.5 Å². The van der Waals surface area contributed by atoms with Gasteiger partial charge in [-0.05, 0) is 49.1 Å². The third kappa shape index (κ3) is 4.80. The van der Waals surface area contributed by atoms with Crippen LogP contribution in [-0.4, -0.2) is 33.0 Å². The Morgan fingerprint density at radius 1 is 1.53 bits per heavy atom. The SMILES string of the molecule is CO[B]NCC(CCO)c1ccc(Br)cc1C. The average Bonchev–Trinajstić information content (AvgIpc) is 2.28. The van der Waals surface area contributed by atoms with E-state index in [0.717, 1.165) is 17.4 Å².